The second kappa shape index (κ2) is 4.76. The molecule has 0 saturated carbocycles. The van der Waals surface area contributed by atoms with Gasteiger partial charge in [-0.1, -0.05) is 48.0 Å². The second-order valence-electron chi connectivity index (χ2n) is 5.31. The Kier molecular flexibility index (Phi) is 2.87. The fourth-order valence-electron chi connectivity index (χ4n) is 2.84. The van der Waals surface area contributed by atoms with E-state index >= 15 is 0 Å². The third-order valence-corrected chi connectivity index (χ3v) is 4.66. The van der Waals surface area contributed by atoms with Crippen LogP contribution < -0.4 is 4.72 Å². The minimum absolute atomic E-state index is 0.0273. The number of nitrogens with one attached hydrogen (secondary N) is 2. The highest BCUT2D eigenvalue weighted by Crippen LogP contribution is 2.38. The molecule has 0 amide bonds. The molecule has 0 radical (unpaired) electrons. The van der Waals surface area contributed by atoms with E-state index in [2.05, 4.69) is 47.0 Å². The maximum absolute atomic E-state index is 12.2. The van der Waals surface area contributed by atoms with Crippen LogP contribution in [0.5, 0.6) is 0 Å². The number of rotatable bonds is 1. The monoisotopic (exact) mass is 294 g/mol. The van der Waals surface area contributed by atoms with E-state index in [1.807, 2.05) is 18.2 Å². The van der Waals surface area contributed by atoms with E-state index in [4.69, 9.17) is 0 Å². The molecule has 1 aromatic heterocycles. The lowest BCUT2D eigenvalue weighted by molar-refractivity contribution is 0.108. The number of para-hydroxylation sites is 1. The van der Waals surface area contributed by atoms with Gasteiger partial charge in [0.05, 0.1) is 6.04 Å². The number of carbonyl (C=O) groups excluding carboxylic acids is 1. The van der Waals surface area contributed by atoms with Gasteiger partial charge in [-0.05, 0) is 18.6 Å². The number of aromatic amines is 1. The van der Waals surface area contributed by atoms with E-state index in [0.717, 1.165) is 28.4 Å². The molecule has 1 atom stereocenters. The molecule has 1 aliphatic rings. The van der Waals surface area contributed by atoms with Crippen molar-refractivity contribution >= 4 is 28.0 Å². The van der Waals surface area contributed by atoms with Crippen molar-refractivity contribution < 1.29 is 4.79 Å². The van der Waals surface area contributed by atoms with Crippen molar-refractivity contribution in [1.29, 1.82) is 0 Å². The number of benzene rings is 2. The summed E-state index contributed by atoms with van der Waals surface area (Å²) in [6, 6.07) is 16.5. The molecule has 3 nitrogen and oxygen atoms in total. The maximum atomic E-state index is 12.2. The van der Waals surface area contributed by atoms with E-state index in [1.54, 1.807) is 0 Å². The highest BCUT2D eigenvalue weighted by atomic mass is 32.2. The van der Waals surface area contributed by atoms with Crippen LogP contribution in [0.2, 0.25) is 0 Å². The van der Waals surface area contributed by atoms with Crippen LogP contribution >= 0.6 is 11.9 Å². The van der Waals surface area contributed by atoms with Gasteiger partial charge in [0, 0.05) is 28.4 Å². The first-order valence-corrected chi connectivity index (χ1v) is 7.69. The van der Waals surface area contributed by atoms with Crippen LogP contribution in [0.1, 0.15) is 33.2 Å². The Labute approximate surface area is 126 Å². The molecule has 0 aliphatic carbocycles. The Morgan fingerprint density at radius 3 is 2.62 bits per heavy atom. The van der Waals surface area contributed by atoms with E-state index < -0.39 is 0 Å². The fraction of sp³-hybridized carbons (Fsp3) is 0.118. The van der Waals surface area contributed by atoms with Crippen LogP contribution in [-0.4, -0.2) is 10.1 Å². The lowest BCUT2D eigenvalue weighted by Crippen LogP contribution is -2.24. The van der Waals surface area contributed by atoms with Crippen molar-refractivity contribution in [2.45, 2.75) is 13.0 Å². The zero-order chi connectivity index (χ0) is 14.4. The van der Waals surface area contributed by atoms with Crippen molar-refractivity contribution in [2.24, 2.45) is 0 Å². The quantitative estimate of drug-likeness (QED) is 0.668. The molecule has 21 heavy (non-hydrogen) atoms. The van der Waals surface area contributed by atoms with Crippen molar-refractivity contribution in [1.82, 2.24) is 9.71 Å². The topological polar surface area (TPSA) is 44.9 Å². The van der Waals surface area contributed by atoms with Crippen molar-refractivity contribution in [3.8, 4) is 0 Å². The maximum Gasteiger partial charge on any atom is 0.250 e. The number of hydrogen-bond acceptors (Lipinski definition) is 3. The summed E-state index contributed by atoms with van der Waals surface area (Å²) in [5.41, 5.74) is 5.19. The lowest BCUT2D eigenvalue weighted by atomic mass is 9.96. The molecule has 1 unspecified atom stereocenters. The molecule has 4 rings (SSSR count). The van der Waals surface area contributed by atoms with Gasteiger partial charge < -0.3 is 4.98 Å². The van der Waals surface area contributed by atoms with Gasteiger partial charge in [0.2, 0.25) is 0 Å². The minimum Gasteiger partial charge on any atom is -0.351 e. The van der Waals surface area contributed by atoms with Crippen LogP contribution in [0.4, 0.5) is 0 Å². The number of H-pyrrole nitrogens is 1. The Hall–Kier alpha value is -2.04. The zero-order valence-electron chi connectivity index (χ0n) is 11.5. The van der Waals surface area contributed by atoms with Crippen molar-refractivity contribution in [3.05, 3.63) is 70.9 Å². The summed E-state index contributed by atoms with van der Waals surface area (Å²) < 4.78 is 3.29. The molecule has 0 fully saturated rings. The van der Waals surface area contributed by atoms with Crippen molar-refractivity contribution in [2.75, 3.05) is 0 Å². The summed E-state index contributed by atoms with van der Waals surface area (Å²) in [6.07, 6.45) is 0. The third-order valence-electron chi connectivity index (χ3n) is 3.92. The summed E-state index contributed by atoms with van der Waals surface area (Å²) in [7, 11) is 0. The molecular formula is C17H14N2OS. The molecule has 0 bridgehead atoms. The number of fused-ring (bicyclic) bond motifs is 3. The van der Waals surface area contributed by atoms with Crippen LogP contribution in [0, 0.1) is 6.92 Å². The molecule has 104 valence electrons. The standard InChI is InChI=1S/C17H14N2OS/c1-10-6-8-11(9-7-10)15-14-12-4-2-3-5-13(12)18-16(14)17(20)21-19-15/h2-9,15,18-19H,1H3. The van der Waals surface area contributed by atoms with Gasteiger partial charge in [0.15, 0.2) is 0 Å². The molecule has 0 spiro atoms. The molecule has 0 saturated heterocycles. The molecule has 3 aromatic rings. The molecular weight excluding hydrogens is 280 g/mol. The van der Waals surface area contributed by atoms with Gasteiger partial charge >= 0.3 is 0 Å². The summed E-state index contributed by atoms with van der Waals surface area (Å²) in [5, 5.41) is 1.16. The first-order valence-electron chi connectivity index (χ1n) is 6.88. The van der Waals surface area contributed by atoms with Crippen LogP contribution in [-0.2, 0) is 0 Å². The Balaban J connectivity index is 1.95. The molecule has 4 heteroatoms. The first kappa shape index (κ1) is 12.7. The van der Waals surface area contributed by atoms with E-state index in [-0.39, 0.29) is 11.2 Å². The Bertz CT molecular complexity index is 836. The van der Waals surface area contributed by atoms with Crippen LogP contribution in [0.25, 0.3) is 10.9 Å². The summed E-state index contributed by atoms with van der Waals surface area (Å²) >= 11 is 1.16. The normalized spacial score (nSPS) is 18.0. The summed E-state index contributed by atoms with van der Waals surface area (Å²) in [5.74, 6) is 0. The van der Waals surface area contributed by atoms with Crippen LogP contribution in [0.3, 0.4) is 0 Å². The predicted octanol–water partition coefficient (Wildman–Crippen LogP) is 3.96. The summed E-state index contributed by atoms with van der Waals surface area (Å²) in [6.45, 7) is 2.08. The predicted molar refractivity (Wildman–Crippen MR) is 86.4 cm³/mol. The van der Waals surface area contributed by atoms with Gasteiger partial charge in [-0.15, -0.1) is 0 Å². The van der Waals surface area contributed by atoms with Crippen LogP contribution in [0.15, 0.2) is 48.5 Å². The fourth-order valence-corrected chi connectivity index (χ4v) is 3.58. The van der Waals surface area contributed by atoms with Gasteiger partial charge in [-0.25, -0.2) is 4.72 Å². The largest absolute Gasteiger partial charge is 0.351 e. The smallest absolute Gasteiger partial charge is 0.250 e. The average Bonchev–Trinajstić information content (AvgIpc) is 2.90. The highest BCUT2D eigenvalue weighted by Gasteiger charge is 2.30. The number of aryl methyl sites for hydroxylation is 1. The van der Waals surface area contributed by atoms with Gasteiger partial charge in [0.25, 0.3) is 5.12 Å². The third kappa shape index (κ3) is 1.99. The zero-order valence-corrected chi connectivity index (χ0v) is 12.3. The van der Waals surface area contributed by atoms with E-state index in [1.165, 1.54) is 11.1 Å². The summed E-state index contributed by atoms with van der Waals surface area (Å²) in [4.78, 5) is 15.4. The molecule has 2 aromatic carbocycles. The van der Waals surface area contributed by atoms with E-state index in [0.29, 0.717) is 5.69 Å². The number of carbonyl (C=O) groups is 1. The lowest BCUT2D eigenvalue weighted by Gasteiger charge is -2.23. The number of aromatic nitrogens is 1. The SMILES string of the molecule is Cc1ccc(C2NSC(=O)c3[nH]c4ccccc4c32)cc1. The molecule has 1 aliphatic heterocycles. The van der Waals surface area contributed by atoms with Gasteiger partial charge in [-0.2, -0.15) is 0 Å². The van der Waals surface area contributed by atoms with Gasteiger partial charge in [-0.3, -0.25) is 4.79 Å². The average molecular weight is 294 g/mol. The van der Waals surface area contributed by atoms with E-state index in [9.17, 15) is 4.79 Å². The number of hydrogen-bond donors (Lipinski definition) is 2. The highest BCUT2D eigenvalue weighted by molar-refractivity contribution is 8.12. The first-order chi connectivity index (χ1) is 10.2. The minimum atomic E-state index is 0.0273. The van der Waals surface area contributed by atoms with Gasteiger partial charge in [0.1, 0.15) is 5.69 Å². The molecule has 2 N–H and O–H groups in total. The van der Waals surface area contributed by atoms with Crippen molar-refractivity contribution in [3.63, 3.8) is 0 Å². The Morgan fingerprint density at radius 1 is 1.05 bits per heavy atom. The molecule has 2 heterocycles. The Morgan fingerprint density at radius 2 is 1.81 bits per heavy atom. The second-order valence-corrected chi connectivity index (χ2v) is 6.12.